The van der Waals surface area contributed by atoms with Crippen molar-refractivity contribution in [3.05, 3.63) is 63.1 Å². The van der Waals surface area contributed by atoms with Gasteiger partial charge >= 0.3 is 5.63 Å². The van der Waals surface area contributed by atoms with E-state index in [2.05, 4.69) is 39.8 Å². The summed E-state index contributed by atoms with van der Waals surface area (Å²) in [4.78, 5) is 36.6. The van der Waals surface area contributed by atoms with Crippen LogP contribution in [0.3, 0.4) is 0 Å². The Morgan fingerprint density at radius 1 is 1.17 bits per heavy atom. The molecular weight excluding hydrogens is 382 g/mol. The van der Waals surface area contributed by atoms with E-state index in [9.17, 15) is 9.59 Å². The Morgan fingerprint density at radius 3 is 2.80 bits per heavy atom. The number of nitrogens with one attached hydrogen (secondary N) is 1. The predicted octanol–water partition coefficient (Wildman–Crippen LogP) is 2.24. The van der Waals surface area contributed by atoms with Crippen molar-refractivity contribution in [3.63, 3.8) is 0 Å². The summed E-state index contributed by atoms with van der Waals surface area (Å²) in [5, 5.41) is 0.817. The van der Waals surface area contributed by atoms with Gasteiger partial charge in [0.2, 0.25) is 5.65 Å². The van der Waals surface area contributed by atoms with E-state index >= 15 is 0 Å². The number of anilines is 1. The Labute approximate surface area is 172 Å². The largest absolute Gasteiger partial charge is 0.422 e. The van der Waals surface area contributed by atoms with E-state index in [1.54, 1.807) is 29.8 Å². The fourth-order valence-electron chi connectivity index (χ4n) is 4.02. The zero-order chi connectivity index (χ0) is 21.0. The Bertz CT molecular complexity index is 1380. The normalized spacial score (nSPS) is 17.8. The van der Waals surface area contributed by atoms with Crippen LogP contribution in [0.2, 0.25) is 0 Å². The summed E-state index contributed by atoms with van der Waals surface area (Å²) in [7, 11) is 2.14. The molecule has 0 aliphatic carbocycles. The molecule has 1 aliphatic rings. The van der Waals surface area contributed by atoms with Crippen molar-refractivity contribution in [1.29, 1.82) is 0 Å². The number of nitrogens with zero attached hydrogens (tertiary/aromatic N) is 4. The van der Waals surface area contributed by atoms with Gasteiger partial charge in [0.15, 0.2) is 0 Å². The van der Waals surface area contributed by atoms with E-state index in [1.807, 2.05) is 12.1 Å². The number of piperazine rings is 1. The van der Waals surface area contributed by atoms with Gasteiger partial charge in [-0.1, -0.05) is 0 Å². The number of benzene rings is 1. The molecule has 1 atom stereocenters. The number of rotatable bonds is 2. The second-order valence-corrected chi connectivity index (χ2v) is 8.07. The molecule has 30 heavy (non-hydrogen) atoms. The first kappa shape index (κ1) is 18.6. The molecule has 4 heterocycles. The summed E-state index contributed by atoms with van der Waals surface area (Å²) in [6.07, 6.45) is 3.44. The third-order valence-electron chi connectivity index (χ3n) is 5.90. The van der Waals surface area contributed by atoms with E-state index < -0.39 is 5.63 Å². The average molecular weight is 405 g/mol. The molecule has 0 amide bonds. The summed E-state index contributed by atoms with van der Waals surface area (Å²) in [5.41, 5.74) is 2.55. The van der Waals surface area contributed by atoms with Crippen LogP contribution < -0.4 is 16.1 Å². The summed E-state index contributed by atoms with van der Waals surface area (Å²) < 4.78 is 7.28. The predicted molar refractivity (Wildman–Crippen MR) is 116 cm³/mol. The molecule has 0 spiro atoms. The first-order valence-corrected chi connectivity index (χ1v) is 10.0. The highest BCUT2D eigenvalue weighted by molar-refractivity contribution is 5.84. The zero-order valence-corrected chi connectivity index (χ0v) is 17.2. The number of hydrogen-bond acceptors (Lipinski definition) is 6. The summed E-state index contributed by atoms with van der Waals surface area (Å²) in [6.45, 7) is 6.86. The minimum atomic E-state index is -0.469. The van der Waals surface area contributed by atoms with Gasteiger partial charge in [0, 0.05) is 60.9 Å². The van der Waals surface area contributed by atoms with Gasteiger partial charge in [-0.3, -0.25) is 4.79 Å². The SMILES string of the molecule is Cc1cn2cc(-c3cc4ccc(N5CCN(C)C(C)C5)cc4oc3=O)nc2c(=O)[nH]1. The van der Waals surface area contributed by atoms with E-state index in [0.29, 0.717) is 28.6 Å². The minimum absolute atomic E-state index is 0.245. The first-order chi connectivity index (χ1) is 14.4. The zero-order valence-electron chi connectivity index (χ0n) is 17.2. The average Bonchev–Trinajstić information content (AvgIpc) is 3.13. The van der Waals surface area contributed by atoms with Gasteiger partial charge in [0.05, 0.1) is 11.3 Å². The lowest BCUT2D eigenvalue weighted by molar-refractivity contribution is 0.234. The van der Waals surface area contributed by atoms with Crippen LogP contribution in [0.4, 0.5) is 5.69 Å². The molecule has 4 aromatic rings. The van der Waals surface area contributed by atoms with Crippen molar-refractivity contribution in [1.82, 2.24) is 19.3 Å². The van der Waals surface area contributed by atoms with Crippen molar-refractivity contribution in [2.45, 2.75) is 19.9 Å². The number of fused-ring (bicyclic) bond motifs is 2. The fraction of sp³-hybridized carbons (Fsp3) is 0.318. The van der Waals surface area contributed by atoms with Crippen molar-refractivity contribution >= 4 is 22.3 Å². The van der Waals surface area contributed by atoms with Gasteiger partial charge in [-0.05, 0) is 39.1 Å². The number of likely N-dealkylation sites (N-methyl/N-ethyl adjacent to an activating group) is 1. The molecule has 154 valence electrons. The highest BCUT2D eigenvalue weighted by atomic mass is 16.4. The van der Waals surface area contributed by atoms with E-state index in [1.165, 1.54) is 0 Å². The maximum atomic E-state index is 12.7. The van der Waals surface area contributed by atoms with Crippen molar-refractivity contribution < 1.29 is 4.42 Å². The van der Waals surface area contributed by atoms with E-state index in [-0.39, 0.29) is 11.2 Å². The van der Waals surface area contributed by atoms with E-state index in [0.717, 1.165) is 30.7 Å². The first-order valence-electron chi connectivity index (χ1n) is 10.0. The number of hydrogen-bond donors (Lipinski definition) is 1. The third-order valence-corrected chi connectivity index (χ3v) is 5.90. The Balaban J connectivity index is 1.56. The quantitative estimate of drug-likeness (QED) is 0.515. The minimum Gasteiger partial charge on any atom is -0.422 e. The lowest BCUT2D eigenvalue weighted by atomic mass is 10.1. The molecule has 1 saturated heterocycles. The highest BCUT2D eigenvalue weighted by Gasteiger charge is 2.21. The number of imidazole rings is 1. The third kappa shape index (κ3) is 3.09. The molecule has 1 unspecified atom stereocenters. The topological polar surface area (TPSA) is 86.8 Å². The molecule has 8 nitrogen and oxygen atoms in total. The second-order valence-electron chi connectivity index (χ2n) is 8.07. The molecule has 5 rings (SSSR count). The molecule has 0 bridgehead atoms. The van der Waals surface area contributed by atoms with Crippen molar-refractivity contribution in [2.75, 3.05) is 31.6 Å². The molecule has 1 fully saturated rings. The molecule has 3 aromatic heterocycles. The maximum Gasteiger partial charge on any atom is 0.345 e. The lowest BCUT2D eigenvalue weighted by Crippen LogP contribution is -2.50. The van der Waals surface area contributed by atoms with Gasteiger partial charge in [-0.25, -0.2) is 9.78 Å². The number of aryl methyl sites for hydroxylation is 1. The molecule has 1 aromatic carbocycles. The van der Waals surface area contributed by atoms with Crippen LogP contribution in [0, 0.1) is 6.92 Å². The Morgan fingerprint density at radius 2 is 2.00 bits per heavy atom. The van der Waals surface area contributed by atoms with Gasteiger partial charge in [-0.2, -0.15) is 0 Å². The number of H-pyrrole nitrogens is 1. The fourth-order valence-corrected chi connectivity index (χ4v) is 4.02. The van der Waals surface area contributed by atoms with Gasteiger partial charge in [0.25, 0.3) is 5.56 Å². The van der Waals surface area contributed by atoms with Crippen LogP contribution in [0.25, 0.3) is 27.9 Å². The monoisotopic (exact) mass is 405 g/mol. The van der Waals surface area contributed by atoms with Crippen LogP contribution in [-0.4, -0.2) is 52.0 Å². The lowest BCUT2D eigenvalue weighted by Gasteiger charge is -2.39. The Kier molecular flexibility index (Phi) is 4.25. The number of aromatic amines is 1. The molecule has 0 radical (unpaired) electrons. The second kappa shape index (κ2) is 6.84. The maximum absolute atomic E-state index is 12.7. The smallest absolute Gasteiger partial charge is 0.345 e. The molecule has 1 aliphatic heterocycles. The van der Waals surface area contributed by atoms with E-state index in [4.69, 9.17) is 4.42 Å². The van der Waals surface area contributed by atoms with Crippen LogP contribution in [0.1, 0.15) is 12.6 Å². The van der Waals surface area contributed by atoms with Crippen molar-refractivity contribution in [2.24, 2.45) is 0 Å². The molecule has 0 saturated carbocycles. The summed E-state index contributed by atoms with van der Waals surface area (Å²) in [6, 6.07) is 8.19. The van der Waals surface area contributed by atoms with Crippen LogP contribution in [-0.2, 0) is 0 Å². The van der Waals surface area contributed by atoms with Crippen LogP contribution >= 0.6 is 0 Å². The van der Waals surface area contributed by atoms with Crippen LogP contribution in [0.5, 0.6) is 0 Å². The van der Waals surface area contributed by atoms with Gasteiger partial charge in [-0.15, -0.1) is 0 Å². The molecule has 8 heteroatoms. The Hall–Kier alpha value is -3.39. The van der Waals surface area contributed by atoms with Crippen molar-refractivity contribution in [3.8, 4) is 11.3 Å². The van der Waals surface area contributed by atoms with Crippen LogP contribution in [0.15, 0.2) is 50.7 Å². The van der Waals surface area contributed by atoms with Gasteiger partial charge in [0.1, 0.15) is 5.58 Å². The number of aromatic nitrogens is 3. The summed E-state index contributed by atoms with van der Waals surface area (Å²) in [5.74, 6) is 0. The molecular formula is C22H23N5O3. The standard InChI is InChI=1S/C22H23N5O3/c1-13-10-27-12-18(24-20(27)21(28)23-13)17-8-15-4-5-16(9-19(15)30-22(17)29)26-7-6-25(3)14(2)11-26/h4-5,8-10,12,14H,6-7,11H2,1-3H3,(H,23,28). The van der Waals surface area contributed by atoms with Gasteiger partial charge < -0.3 is 23.6 Å². The summed E-state index contributed by atoms with van der Waals surface area (Å²) >= 11 is 0. The highest BCUT2D eigenvalue weighted by Crippen LogP contribution is 2.26. The molecule has 1 N–H and O–H groups in total.